The Morgan fingerprint density at radius 3 is 2.85 bits per heavy atom. The van der Waals surface area contributed by atoms with Gasteiger partial charge in [0.2, 0.25) is 0 Å². The van der Waals surface area contributed by atoms with Crippen LogP contribution in [0.15, 0.2) is 35.0 Å². The fraction of sp³-hybridized carbons (Fsp3) is 0.200. The Morgan fingerprint density at radius 2 is 2.20 bits per heavy atom. The summed E-state index contributed by atoms with van der Waals surface area (Å²) in [4.78, 5) is 15.7. The zero-order valence-electron chi connectivity index (χ0n) is 11.2. The van der Waals surface area contributed by atoms with Crippen molar-refractivity contribution in [3.8, 4) is 0 Å². The van der Waals surface area contributed by atoms with E-state index >= 15 is 0 Å². The average Bonchev–Trinajstić information content (AvgIpc) is 3.03. The molecule has 0 radical (unpaired) electrons. The van der Waals surface area contributed by atoms with E-state index in [9.17, 15) is 4.79 Å². The monoisotopic (exact) mass is 286 g/mol. The standard InChI is InChI=1S/C15H14N2O2S/c1-9(12-5-6-20-8-12)17-10(2)16-13-4-3-11(15(18)19)7-14(13)17/h3-9H,1-2H3,(H,18,19). The molecule has 0 aliphatic rings. The van der Waals surface area contributed by atoms with Crippen LogP contribution in [0.3, 0.4) is 0 Å². The van der Waals surface area contributed by atoms with E-state index in [1.54, 1.807) is 29.5 Å². The number of nitrogens with zero attached hydrogens (tertiary/aromatic N) is 2. The van der Waals surface area contributed by atoms with E-state index in [0.717, 1.165) is 16.9 Å². The lowest BCUT2D eigenvalue weighted by Crippen LogP contribution is -2.08. The third kappa shape index (κ3) is 2.00. The number of carboxylic acids is 1. The molecule has 3 rings (SSSR count). The van der Waals surface area contributed by atoms with Crippen molar-refractivity contribution in [2.75, 3.05) is 0 Å². The van der Waals surface area contributed by atoms with Crippen LogP contribution in [0, 0.1) is 6.92 Å². The van der Waals surface area contributed by atoms with E-state index < -0.39 is 5.97 Å². The topological polar surface area (TPSA) is 55.1 Å². The van der Waals surface area contributed by atoms with Gasteiger partial charge in [-0.25, -0.2) is 9.78 Å². The Kier molecular flexibility index (Phi) is 3.06. The van der Waals surface area contributed by atoms with E-state index in [0.29, 0.717) is 0 Å². The minimum atomic E-state index is -0.916. The van der Waals surface area contributed by atoms with E-state index in [1.807, 2.05) is 12.3 Å². The summed E-state index contributed by atoms with van der Waals surface area (Å²) >= 11 is 1.66. The molecule has 5 heteroatoms. The lowest BCUT2D eigenvalue weighted by atomic mass is 10.1. The molecule has 0 aliphatic heterocycles. The molecule has 0 amide bonds. The quantitative estimate of drug-likeness (QED) is 0.798. The zero-order chi connectivity index (χ0) is 14.3. The summed E-state index contributed by atoms with van der Waals surface area (Å²) < 4.78 is 2.09. The lowest BCUT2D eigenvalue weighted by Gasteiger charge is -2.15. The van der Waals surface area contributed by atoms with Gasteiger partial charge in [0.1, 0.15) is 5.82 Å². The molecule has 2 aromatic heterocycles. The number of hydrogen-bond acceptors (Lipinski definition) is 3. The van der Waals surface area contributed by atoms with Crippen molar-refractivity contribution < 1.29 is 9.90 Å². The summed E-state index contributed by atoms with van der Waals surface area (Å²) in [6.45, 7) is 4.05. The van der Waals surface area contributed by atoms with Crippen molar-refractivity contribution in [3.05, 3.63) is 52.0 Å². The molecule has 3 aromatic rings. The molecule has 0 spiro atoms. The lowest BCUT2D eigenvalue weighted by molar-refractivity contribution is 0.0697. The van der Waals surface area contributed by atoms with Crippen molar-refractivity contribution in [2.45, 2.75) is 19.9 Å². The molecule has 0 fully saturated rings. The highest BCUT2D eigenvalue weighted by Crippen LogP contribution is 2.27. The molecule has 0 saturated carbocycles. The molecule has 4 nitrogen and oxygen atoms in total. The van der Waals surface area contributed by atoms with Crippen LogP contribution in [0.25, 0.3) is 11.0 Å². The summed E-state index contributed by atoms with van der Waals surface area (Å²) in [7, 11) is 0. The second-order valence-electron chi connectivity index (χ2n) is 4.77. The molecule has 1 unspecified atom stereocenters. The van der Waals surface area contributed by atoms with Gasteiger partial charge in [-0.05, 0) is 54.4 Å². The van der Waals surface area contributed by atoms with E-state index in [1.165, 1.54) is 5.56 Å². The summed E-state index contributed by atoms with van der Waals surface area (Å²) in [5.74, 6) is -0.0262. The maximum absolute atomic E-state index is 11.1. The second-order valence-corrected chi connectivity index (χ2v) is 5.55. The number of carbonyl (C=O) groups is 1. The van der Waals surface area contributed by atoms with Gasteiger partial charge in [-0.1, -0.05) is 0 Å². The van der Waals surface area contributed by atoms with Crippen LogP contribution >= 0.6 is 11.3 Å². The van der Waals surface area contributed by atoms with Gasteiger partial charge in [0.25, 0.3) is 0 Å². The highest BCUT2D eigenvalue weighted by molar-refractivity contribution is 7.07. The molecule has 20 heavy (non-hydrogen) atoms. The third-order valence-electron chi connectivity index (χ3n) is 3.53. The molecular weight excluding hydrogens is 272 g/mol. The molecule has 1 atom stereocenters. The number of thiophene rings is 1. The average molecular weight is 286 g/mol. The molecule has 1 N–H and O–H groups in total. The van der Waals surface area contributed by atoms with Crippen LogP contribution in [-0.2, 0) is 0 Å². The Balaban J connectivity index is 2.21. The Morgan fingerprint density at radius 1 is 1.40 bits per heavy atom. The summed E-state index contributed by atoms with van der Waals surface area (Å²) in [6, 6.07) is 7.27. The van der Waals surface area contributed by atoms with E-state index in [4.69, 9.17) is 5.11 Å². The van der Waals surface area contributed by atoms with Crippen LogP contribution in [0.1, 0.15) is 34.7 Å². The predicted octanol–water partition coefficient (Wildman–Crippen LogP) is 3.71. The number of hydrogen-bond donors (Lipinski definition) is 1. The second kappa shape index (κ2) is 4.76. The molecule has 102 valence electrons. The molecule has 0 bridgehead atoms. The molecular formula is C15H14N2O2S. The Labute approximate surface area is 120 Å². The number of aromatic carboxylic acids is 1. The minimum absolute atomic E-state index is 0.135. The number of benzene rings is 1. The molecule has 0 saturated heterocycles. The van der Waals surface area contributed by atoms with Gasteiger partial charge in [0.05, 0.1) is 22.6 Å². The highest BCUT2D eigenvalue weighted by Gasteiger charge is 2.16. The maximum Gasteiger partial charge on any atom is 0.335 e. The van der Waals surface area contributed by atoms with Crippen molar-refractivity contribution in [2.24, 2.45) is 0 Å². The first-order valence-electron chi connectivity index (χ1n) is 6.32. The zero-order valence-corrected chi connectivity index (χ0v) is 12.0. The van der Waals surface area contributed by atoms with Crippen molar-refractivity contribution in [1.82, 2.24) is 9.55 Å². The van der Waals surface area contributed by atoms with Crippen LogP contribution in [0.4, 0.5) is 0 Å². The van der Waals surface area contributed by atoms with Gasteiger partial charge in [-0.15, -0.1) is 0 Å². The van der Waals surface area contributed by atoms with Crippen LogP contribution in [-0.4, -0.2) is 20.6 Å². The minimum Gasteiger partial charge on any atom is -0.478 e. The predicted molar refractivity (Wildman–Crippen MR) is 79.6 cm³/mol. The van der Waals surface area contributed by atoms with Gasteiger partial charge in [-0.3, -0.25) is 0 Å². The smallest absolute Gasteiger partial charge is 0.335 e. The van der Waals surface area contributed by atoms with Crippen LogP contribution < -0.4 is 0 Å². The number of aryl methyl sites for hydroxylation is 1. The normalized spacial score (nSPS) is 12.7. The fourth-order valence-electron chi connectivity index (χ4n) is 2.50. The summed E-state index contributed by atoms with van der Waals surface area (Å²) in [6.07, 6.45) is 0. The number of rotatable bonds is 3. The van der Waals surface area contributed by atoms with Crippen molar-refractivity contribution >= 4 is 28.3 Å². The van der Waals surface area contributed by atoms with Crippen LogP contribution in [0.2, 0.25) is 0 Å². The van der Waals surface area contributed by atoms with Gasteiger partial charge >= 0.3 is 5.97 Å². The Hall–Kier alpha value is -2.14. The number of imidazole rings is 1. The molecule has 1 aromatic carbocycles. The van der Waals surface area contributed by atoms with Gasteiger partial charge < -0.3 is 9.67 Å². The van der Waals surface area contributed by atoms with Crippen LogP contribution in [0.5, 0.6) is 0 Å². The highest BCUT2D eigenvalue weighted by atomic mass is 32.1. The summed E-state index contributed by atoms with van der Waals surface area (Å²) in [5, 5.41) is 13.3. The first-order chi connectivity index (χ1) is 9.58. The third-order valence-corrected chi connectivity index (χ3v) is 4.23. The molecule has 2 heterocycles. The van der Waals surface area contributed by atoms with Gasteiger partial charge in [-0.2, -0.15) is 11.3 Å². The van der Waals surface area contributed by atoms with Crippen molar-refractivity contribution in [1.29, 1.82) is 0 Å². The first kappa shape index (κ1) is 12.9. The fourth-order valence-corrected chi connectivity index (χ4v) is 3.24. The number of carboxylic acid groups (broad SMARTS) is 1. The number of aromatic nitrogens is 2. The van der Waals surface area contributed by atoms with Gasteiger partial charge in [0.15, 0.2) is 0 Å². The van der Waals surface area contributed by atoms with Crippen molar-refractivity contribution in [3.63, 3.8) is 0 Å². The molecule has 0 aliphatic carbocycles. The number of fused-ring (bicyclic) bond motifs is 1. The first-order valence-corrected chi connectivity index (χ1v) is 7.26. The SMILES string of the molecule is Cc1nc2ccc(C(=O)O)cc2n1C(C)c1ccsc1. The van der Waals surface area contributed by atoms with Gasteiger partial charge in [0, 0.05) is 0 Å². The van der Waals surface area contributed by atoms with E-state index in [2.05, 4.69) is 27.9 Å². The Bertz CT molecular complexity index is 775. The largest absolute Gasteiger partial charge is 0.478 e. The van der Waals surface area contributed by atoms with E-state index in [-0.39, 0.29) is 11.6 Å². The summed E-state index contributed by atoms with van der Waals surface area (Å²) in [5.41, 5.74) is 3.19. The maximum atomic E-state index is 11.1.